The zero-order chi connectivity index (χ0) is 11.6. The number of hydrogen-bond acceptors (Lipinski definition) is 2. The van der Waals surface area contributed by atoms with E-state index in [2.05, 4.69) is 25.8 Å². The van der Waals surface area contributed by atoms with Gasteiger partial charge in [-0.15, -0.1) is 0 Å². The molecule has 0 spiro atoms. The van der Waals surface area contributed by atoms with Crippen LogP contribution >= 0.6 is 0 Å². The lowest BCUT2D eigenvalue weighted by Gasteiger charge is -2.11. The number of benzene rings is 1. The summed E-state index contributed by atoms with van der Waals surface area (Å²) < 4.78 is 0. The van der Waals surface area contributed by atoms with Crippen LogP contribution in [0.25, 0.3) is 0 Å². The number of phenolic OH excluding ortho intramolecular Hbond substituents is 1. The molecular weight excluding hydrogens is 186 g/mol. The molecule has 0 aliphatic heterocycles. The van der Waals surface area contributed by atoms with Crippen LogP contribution < -0.4 is 0 Å². The summed E-state index contributed by atoms with van der Waals surface area (Å²) in [6, 6.07) is 3.88. The molecule has 82 valence electrons. The second kappa shape index (κ2) is 4.05. The quantitative estimate of drug-likeness (QED) is 0.701. The Kier molecular flexibility index (Phi) is 3.18. The highest BCUT2D eigenvalue weighted by molar-refractivity contribution is 5.81. The molecule has 0 bridgehead atoms. The lowest BCUT2D eigenvalue weighted by Crippen LogP contribution is -2.09. The maximum atomic E-state index is 9.61. The largest absolute Gasteiger partial charge is 0.507 e. The molecule has 15 heavy (non-hydrogen) atoms. The number of aliphatic imine (C=N–C) groups is 1. The lowest BCUT2D eigenvalue weighted by molar-refractivity contribution is 0.467. The van der Waals surface area contributed by atoms with Gasteiger partial charge >= 0.3 is 0 Å². The molecule has 0 radical (unpaired) electrons. The molecule has 0 amide bonds. The molecule has 0 heterocycles. The standard InChI is InChI=1S/C13H19NO/c1-9-6-11(7-10(2)12(9)15)8-14-13(3,4)5/h6-8,15H,1-5H3. The van der Waals surface area contributed by atoms with Crippen molar-refractivity contribution in [2.45, 2.75) is 40.2 Å². The maximum Gasteiger partial charge on any atom is 0.121 e. The predicted octanol–water partition coefficient (Wildman–Crippen LogP) is 3.23. The molecule has 0 aliphatic rings. The van der Waals surface area contributed by atoms with Gasteiger partial charge in [0.05, 0.1) is 5.54 Å². The zero-order valence-electron chi connectivity index (χ0n) is 10.1. The van der Waals surface area contributed by atoms with Crippen LogP contribution in [0.4, 0.5) is 0 Å². The van der Waals surface area contributed by atoms with Crippen LogP contribution in [0.1, 0.15) is 37.5 Å². The molecule has 1 aromatic carbocycles. The fraction of sp³-hybridized carbons (Fsp3) is 0.462. The Morgan fingerprint density at radius 1 is 1.13 bits per heavy atom. The molecule has 0 fully saturated rings. The minimum absolute atomic E-state index is 0.0559. The summed E-state index contributed by atoms with van der Waals surface area (Å²) in [5.41, 5.74) is 2.77. The molecule has 0 aliphatic carbocycles. The van der Waals surface area contributed by atoms with Crippen molar-refractivity contribution in [2.24, 2.45) is 4.99 Å². The first kappa shape index (κ1) is 11.8. The average Bonchev–Trinajstić information content (AvgIpc) is 2.09. The first-order valence-electron chi connectivity index (χ1n) is 5.15. The van der Waals surface area contributed by atoms with E-state index in [1.165, 1.54) is 0 Å². The molecule has 2 nitrogen and oxygen atoms in total. The van der Waals surface area contributed by atoms with Gasteiger partial charge in [0.25, 0.3) is 0 Å². The van der Waals surface area contributed by atoms with Crippen LogP contribution in [-0.4, -0.2) is 16.9 Å². The highest BCUT2D eigenvalue weighted by Crippen LogP contribution is 2.22. The van der Waals surface area contributed by atoms with E-state index in [0.717, 1.165) is 16.7 Å². The van der Waals surface area contributed by atoms with Gasteiger partial charge in [-0.05, 0) is 63.4 Å². The number of aromatic hydroxyl groups is 1. The van der Waals surface area contributed by atoms with Crippen molar-refractivity contribution < 1.29 is 5.11 Å². The number of aryl methyl sites for hydroxylation is 2. The summed E-state index contributed by atoms with van der Waals surface area (Å²) in [5.74, 6) is 0.378. The Bertz CT molecular complexity index is 363. The second-order valence-electron chi connectivity index (χ2n) is 4.93. The minimum Gasteiger partial charge on any atom is -0.507 e. The third-order valence-electron chi connectivity index (χ3n) is 2.11. The third kappa shape index (κ3) is 3.39. The van der Waals surface area contributed by atoms with Gasteiger partial charge in [0, 0.05) is 6.21 Å². The fourth-order valence-electron chi connectivity index (χ4n) is 1.33. The number of nitrogens with zero attached hydrogens (tertiary/aromatic N) is 1. The number of rotatable bonds is 1. The van der Waals surface area contributed by atoms with Gasteiger partial charge in [-0.25, -0.2) is 0 Å². The van der Waals surface area contributed by atoms with E-state index in [4.69, 9.17) is 0 Å². The van der Waals surface area contributed by atoms with Crippen LogP contribution in [0, 0.1) is 13.8 Å². The maximum absolute atomic E-state index is 9.61. The highest BCUT2D eigenvalue weighted by Gasteiger charge is 2.06. The highest BCUT2D eigenvalue weighted by atomic mass is 16.3. The van der Waals surface area contributed by atoms with E-state index in [1.54, 1.807) is 0 Å². The summed E-state index contributed by atoms with van der Waals surface area (Å²) >= 11 is 0. The lowest BCUT2D eigenvalue weighted by atomic mass is 10.1. The van der Waals surface area contributed by atoms with Crippen molar-refractivity contribution in [3.05, 3.63) is 28.8 Å². The van der Waals surface area contributed by atoms with Crippen molar-refractivity contribution in [3.63, 3.8) is 0 Å². The van der Waals surface area contributed by atoms with E-state index >= 15 is 0 Å². The molecular formula is C13H19NO. The molecule has 1 aromatic rings. The smallest absolute Gasteiger partial charge is 0.121 e. The molecule has 0 aromatic heterocycles. The van der Waals surface area contributed by atoms with E-state index in [0.29, 0.717) is 5.75 Å². The van der Waals surface area contributed by atoms with Gasteiger partial charge in [0.1, 0.15) is 5.75 Å². The van der Waals surface area contributed by atoms with Crippen molar-refractivity contribution >= 4 is 6.21 Å². The van der Waals surface area contributed by atoms with Crippen LogP contribution in [0.2, 0.25) is 0 Å². The van der Waals surface area contributed by atoms with E-state index in [9.17, 15) is 5.11 Å². The zero-order valence-corrected chi connectivity index (χ0v) is 10.1. The van der Waals surface area contributed by atoms with Crippen molar-refractivity contribution in [2.75, 3.05) is 0 Å². The molecule has 1 rings (SSSR count). The van der Waals surface area contributed by atoms with Gasteiger partial charge in [0.15, 0.2) is 0 Å². The summed E-state index contributed by atoms with van der Waals surface area (Å²) in [7, 11) is 0. The van der Waals surface area contributed by atoms with Crippen LogP contribution in [0.15, 0.2) is 17.1 Å². The number of hydrogen-bond donors (Lipinski definition) is 1. The topological polar surface area (TPSA) is 32.6 Å². The molecule has 0 atom stereocenters. The van der Waals surface area contributed by atoms with Gasteiger partial charge in [-0.3, -0.25) is 4.99 Å². The normalized spacial score (nSPS) is 12.3. The molecule has 0 saturated heterocycles. The molecule has 2 heteroatoms. The van der Waals surface area contributed by atoms with Crippen LogP contribution in [0.3, 0.4) is 0 Å². The van der Waals surface area contributed by atoms with Crippen molar-refractivity contribution in [1.82, 2.24) is 0 Å². The van der Waals surface area contributed by atoms with Gasteiger partial charge in [-0.1, -0.05) is 0 Å². The Balaban J connectivity index is 3.03. The van der Waals surface area contributed by atoms with Crippen molar-refractivity contribution in [1.29, 1.82) is 0 Å². The average molecular weight is 205 g/mol. The Hall–Kier alpha value is -1.31. The summed E-state index contributed by atoms with van der Waals surface area (Å²) in [6.45, 7) is 9.98. The van der Waals surface area contributed by atoms with E-state index < -0.39 is 0 Å². The Morgan fingerprint density at radius 3 is 2.00 bits per heavy atom. The third-order valence-corrected chi connectivity index (χ3v) is 2.11. The first-order valence-corrected chi connectivity index (χ1v) is 5.15. The second-order valence-corrected chi connectivity index (χ2v) is 4.93. The summed E-state index contributed by atoms with van der Waals surface area (Å²) in [5, 5.41) is 9.61. The fourth-order valence-corrected chi connectivity index (χ4v) is 1.33. The molecule has 0 saturated carbocycles. The Labute approximate surface area is 91.7 Å². The summed E-state index contributed by atoms with van der Waals surface area (Å²) in [6.07, 6.45) is 1.86. The van der Waals surface area contributed by atoms with Gasteiger partial charge < -0.3 is 5.11 Å². The molecule has 1 N–H and O–H groups in total. The van der Waals surface area contributed by atoms with Crippen molar-refractivity contribution in [3.8, 4) is 5.75 Å². The SMILES string of the molecule is Cc1cc(C=NC(C)(C)C)cc(C)c1O. The van der Waals surface area contributed by atoms with Gasteiger partial charge in [-0.2, -0.15) is 0 Å². The Morgan fingerprint density at radius 2 is 1.60 bits per heavy atom. The predicted molar refractivity (Wildman–Crippen MR) is 64.9 cm³/mol. The van der Waals surface area contributed by atoms with E-state index in [1.807, 2.05) is 32.2 Å². The monoisotopic (exact) mass is 205 g/mol. The van der Waals surface area contributed by atoms with Gasteiger partial charge in [0.2, 0.25) is 0 Å². The van der Waals surface area contributed by atoms with Crippen LogP contribution in [-0.2, 0) is 0 Å². The summed E-state index contributed by atoms with van der Waals surface area (Å²) in [4.78, 5) is 4.43. The minimum atomic E-state index is -0.0559. The number of phenols is 1. The first-order chi connectivity index (χ1) is 6.79. The van der Waals surface area contributed by atoms with E-state index in [-0.39, 0.29) is 5.54 Å². The van der Waals surface area contributed by atoms with Crippen LogP contribution in [0.5, 0.6) is 5.75 Å². The molecule has 0 unspecified atom stereocenters.